The van der Waals surface area contributed by atoms with Crippen LogP contribution in [0, 0.1) is 4.78 Å². The first-order chi connectivity index (χ1) is 6.63. The predicted octanol–water partition coefficient (Wildman–Crippen LogP) is 2.38. The van der Waals surface area contributed by atoms with Gasteiger partial charge in [-0.05, 0) is 17.7 Å². The third kappa shape index (κ3) is 1.66. The van der Waals surface area contributed by atoms with Crippen LogP contribution in [0.2, 0.25) is 0 Å². The zero-order chi connectivity index (χ0) is 10.2. The van der Waals surface area contributed by atoms with Crippen molar-refractivity contribution in [3.8, 4) is 5.75 Å². The van der Waals surface area contributed by atoms with E-state index < -0.39 is 9.73 Å². The molecule has 0 aromatic heterocycles. The second kappa shape index (κ2) is 3.55. The van der Waals surface area contributed by atoms with Crippen LogP contribution in [-0.2, 0) is 15.1 Å². The van der Waals surface area contributed by atoms with Crippen molar-refractivity contribution < 1.29 is 8.95 Å². The van der Waals surface area contributed by atoms with Crippen molar-refractivity contribution in [1.82, 2.24) is 0 Å². The molecule has 0 aliphatic carbocycles. The van der Waals surface area contributed by atoms with Gasteiger partial charge in [-0.1, -0.05) is 22.0 Å². The maximum atomic E-state index is 11.8. The van der Waals surface area contributed by atoms with Crippen molar-refractivity contribution in [2.24, 2.45) is 0 Å². The molecule has 1 aromatic rings. The van der Waals surface area contributed by atoms with Crippen molar-refractivity contribution >= 4 is 25.7 Å². The Morgan fingerprint density at radius 1 is 1.57 bits per heavy atom. The van der Waals surface area contributed by atoms with Gasteiger partial charge in [0, 0.05) is 5.33 Å². The molecule has 0 saturated heterocycles. The molecule has 3 nitrogen and oxygen atoms in total. The van der Waals surface area contributed by atoms with E-state index >= 15 is 0 Å². The highest BCUT2D eigenvalue weighted by molar-refractivity contribution is 9.08. The van der Waals surface area contributed by atoms with Crippen LogP contribution in [0.15, 0.2) is 23.1 Å². The van der Waals surface area contributed by atoms with Gasteiger partial charge in [-0.25, -0.2) is 8.99 Å². The summed E-state index contributed by atoms with van der Waals surface area (Å²) in [6, 6.07) is 5.45. The number of benzene rings is 1. The minimum absolute atomic E-state index is 0.299. The van der Waals surface area contributed by atoms with E-state index in [9.17, 15) is 4.21 Å². The molecule has 1 aliphatic heterocycles. The van der Waals surface area contributed by atoms with Crippen molar-refractivity contribution in [3.63, 3.8) is 0 Å². The first-order valence-corrected chi connectivity index (χ1v) is 7.06. The molecule has 14 heavy (non-hydrogen) atoms. The van der Waals surface area contributed by atoms with Crippen LogP contribution in [0.4, 0.5) is 0 Å². The second-order valence-electron chi connectivity index (χ2n) is 3.14. The van der Waals surface area contributed by atoms with E-state index in [0.29, 0.717) is 23.0 Å². The van der Waals surface area contributed by atoms with Gasteiger partial charge in [0.25, 0.3) is 0 Å². The van der Waals surface area contributed by atoms with Gasteiger partial charge in [0.2, 0.25) is 0 Å². The monoisotopic (exact) mass is 275 g/mol. The Bertz CT molecular complexity index is 456. The SMILES string of the molecule is N=S1(=O)CCOc2cc(CBr)ccc21. The standard InChI is InChI=1S/C9H10BrNO2S/c10-6-7-1-2-9-8(5-7)13-3-4-14(9,11)12/h1-2,5,11H,3-4,6H2. The van der Waals surface area contributed by atoms with Crippen LogP contribution >= 0.6 is 15.9 Å². The minimum Gasteiger partial charge on any atom is -0.491 e. The molecule has 1 N–H and O–H groups in total. The second-order valence-corrected chi connectivity index (χ2v) is 5.90. The van der Waals surface area contributed by atoms with E-state index in [0.717, 1.165) is 10.9 Å². The van der Waals surface area contributed by atoms with Crippen LogP contribution in [0.5, 0.6) is 5.75 Å². The molecule has 0 saturated carbocycles. The largest absolute Gasteiger partial charge is 0.491 e. The molecular formula is C9H10BrNO2S. The normalized spacial score (nSPS) is 25.2. The van der Waals surface area contributed by atoms with Gasteiger partial charge in [0.15, 0.2) is 0 Å². The van der Waals surface area contributed by atoms with Crippen LogP contribution in [0.3, 0.4) is 0 Å². The summed E-state index contributed by atoms with van der Waals surface area (Å²) in [5, 5.41) is 0.739. The average Bonchev–Trinajstić information content (AvgIpc) is 2.16. The Labute approximate surface area is 91.6 Å². The van der Waals surface area contributed by atoms with Gasteiger partial charge >= 0.3 is 0 Å². The number of fused-ring (bicyclic) bond motifs is 1. The number of alkyl halides is 1. The van der Waals surface area contributed by atoms with E-state index in [-0.39, 0.29) is 0 Å². The van der Waals surface area contributed by atoms with Crippen molar-refractivity contribution in [1.29, 1.82) is 4.78 Å². The summed E-state index contributed by atoms with van der Waals surface area (Å²) < 4.78 is 24.9. The Hall–Kier alpha value is -0.550. The first-order valence-electron chi connectivity index (χ1n) is 4.22. The van der Waals surface area contributed by atoms with Gasteiger partial charge in [0.05, 0.1) is 20.4 Å². The summed E-state index contributed by atoms with van der Waals surface area (Å²) in [7, 11) is -2.61. The van der Waals surface area contributed by atoms with Gasteiger partial charge in [-0.3, -0.25) is 0 Å². The summed E-state index contributed by atoms with van der Waals surface area (Å²) in [5.74, 6) is 0.904. The predicted molar refractivity (Wildman–Crippen MR) is 58.6 cm³/mol. The molecule has 0 spiro atoms. The average molecular weight is 276 g/mol. The van der Waals surface area contributed by atoms with Crippen LogP contribution in [-0.4, -0.2) is 16.6 Å². The quantitative estimate of drug-likeness (QED) is 0.801. The van der Waals surface area contributed by atoms with Gasteiger partial charge < -0.3 is 4.74 Å². The Morgan fingerprint density at radius 3 is 3.07 bits per heavy atom. The van der Waals surface area contributed by atoms with Crippen molar-refractivity contribution in [3.05, 3.63) is 23.8 Å². The maximum absolute atomic E-state index is 11.8. The number of rotatable bonds is 1. The number of halogens is 1. The van der Waals surface area contributed by atoms with Gasteiger partial charge in [0.1, 0.15) is 12.4 Å². The molecule has 2 rings (SSSR count). The summed E-state index contributed by atoms with van der Waals surface area (Å²) in [5.41, 5.74) is 1.07. The van der Waals surface area contributed by atoms with Crippen LogP contribution in [0.25, 0.3) is 0 Å². The van der Waals surface area contributed by atoms with Crippen LogP contribution in [0.1, 0.15) is 5.56 Å². The third-order valence-corrected chi connectivity index (χ3v) is 4.58. The van der Waals surface area contributed by atoms with E-state index in [1.807, 2.05) is 12.1 Å². The summed E-state index contributed by atoms with van der Waals surface area (Å²) in [4.78, 5) is 0.536. The van der Waals surface area contributed by atoms with Gasteiger partial charge in [-0.2, -0.15) is 0 Å². The minimum atomic E-state index is -2.61. The summed E-state index contributed by atoms with van der Waals surface area (Å²) >= 11 is 3.34. The third-order valence-electron chi connectivity index (χ3n) is 2.15. The highest BCUT2D eigenvalue weighted by atomic mass is 79.9. The maximum Gasteiger partial charge on any atom is 0.136 e. The fourth-order valence-electron chi connectivity index (χ4n) is 1.40. The molecule has 1 aromatic carbocycles. The molecule has 76 valence electrons. The van der Waals surface area contributed by atoms with Crippen LogP contribution < -0.4 is 4.74 Å². The van der Waals surface area contributed by atoms with Gasteiger partial charge in [-0.15, -0.1) is 0 Å². The number of hydrogen-bond donors (Lipinski definition) is 1. The molecule has 1 heterocycles. The number of ether oxygens (including phenoxy) is 1. The molecule has 0 fully saturated rings. The number of hydrogen-bond acceptors (Lipinski definition) is 3. The molecule has 0 radical (unpaired) electrons. The molecule has 0 bridgehead atoms. The van der Waals surface area contributed by atoms with E-state index in [4.69, 9.17) is 9.52 Å². The molecule has 1 unspecified atom stereocenters. The number of nitrogens with one attached hydrogen (secondary N) is 1. The molecule has 1 atom stereocenters. The first kappa shape index (κ1) is 9.98. The molecular weight excluding hydrogens is 266 g/mol. The lowest BCUT2D eigenvalue weighted by atomic mass is 10.2. The zero-order valence-electron chi connectivity index (χ0n) is 7.46. The molecule has 0 amide bonds. The fourth-order valence-corrected chi connectivity index (χ4v) is 3.02. The van der Waals surface area contributed by atoms with E-state index in [1.54, 1.807) is 6.07 Å². The molecule has 1 aliphatic rings. The highest BCUT2D eigenvalue weighted by Crippen LogP contribution is 2.30. The lowest BCUT2D eigenvalue weighted by Crippen LogP contribution is -2.20. The topological polar surface area (TPSA) is 50.2 Å². The fraction of sp³-hybridized carbons (Fsp3) is 0.333. The summed E-state index contributed by atoms with van der Waals surface area (Å²) in [6.07, 6.45) is 0. The van der Waals surface area contributed by atoms with E-state index in [2.05, 4.69) is 15.9 Å². The molecule has 5 heteroatoms. The lowest BCUT2D eigenvalue weighted by Gasteiger charge is -2.19. The Balaban J connectivity index is 2.58. The van der Waals surface area contributed by atoms with Crippen molar-refractivity contribution in [2.45, 2.75) is 10.2 Å². The summed E-state index contributed by atoms with van der Waals surface area (Å²) in [6.45, 7) is 0.376. The van der Waals surface area contributed by atoms with Crippen molar-refractivity contribution in [2.75, 3.05) is 12.4 Å². The highest BCUT2D eigenvalue weighted by Gasteiger charge is 2.21. The Morgan fingerprint density at radius 2 is 2.36 bits per heavy atom. The zero-order valence-corrected chi connectivity index (χ0v) is 9.86. The van der Waals surface area contributed by atoms with E-state index in [1.165, 1.54) is 0 Å². The Kier molecular flexibility index (Phi) is 2.53. The lowest BCUT2D eigenvalue weighted by molar-refractivity contribution is 0.325. The smallest absolute Gasteiger partial charge is 0.136 e.